The van der Waals surface area contributed by atoms with Gasteiger partial charge in [0.15, 0.2) is 11.5 Å². The van der Waals surface area contributed by atoms with Gasteiger partial charge in [-0.1, -0.05) is 0 Å². The van der Waals surface area contributed by atoms with Gasteiger partial charge in [0, 0.05) is 58.0 Å². The zero-order valence-corrected chi connectivity index (χ0v) is 19.0. The minimum Gasteiger partial charge on any atom is -0.493 e. The van der Waals surface area contributed by atoms with E-state index in [0.29, 0.717) is 22.9 Å². The summed E-state index contributed by atoms with van der Waals surface area (Å²) in [7, 11) is 4.67. The second-order valence-electron chi connectivity index (χ2n) is 7.57. The molecule has 0 radical (unpaired) electrons. The standard InChI is InChI=1S/C23H27N3O4S/c1-14-11-17-20(31-14)5-8-24-22(17)26-9-6-15(7-10-26)23(27)25-16-12-18(28-2)21(30-4)19(13-16)29-3/h5,8,11-13,15H,6-7,9-10H2,1-4H3,(H,25,27). The number of anilines is 2. The van der Waals surface area contributed by atoms with Crippen molar-refractivity contribution in [3.05, 3.63) is 35.3 Å². The van der Waals surface area contributed by atoms with Gasteiger partial charge in [-0.25, -0.2) is 4.98 Å². The summed E-state index contributed by atoms with van der Waals surface area (Å²) in [5, 5.41) is 4.21. The molecule has 164 valence electrons. The smallest absolute Gasteiger partial charge is 0.227 e. The summed E-state index contributed by atoms with van der Waals surface area (Å²) >= 11 is 1.79. The molecule has 0 saturated carbocycles. The normalized spacial score (nSPS) is 14.5. The van der Waals surface area contributed by atoms with Crippen molar-refractivity contribution < 1.29 is 19.0 Å². The number of nitrogens with zero attached hydrogens (tertiary/aromatic N) is 2. The molecule has 8 heteroatoms. The Balaban J connectivity index is 1.44. The van der Waals surface area contributed by atoms with Crippen LogP contribution in [0.1, 0.15) is 17.7 Å². The quantitative estimate of drug-likeness (QED) is 0.608. The predicted molar refractivity (Wildman–Crippen MR) is 124 cm³/mol. The average molecular weight is 442 g/mol. The number of hydrogen-bond acceptors (Lipinski definition) is 7. The van der Waals surface area contributed by atoms with Crippen LogP contribution < -0.4 is 24.4 Å². The molecule has 1 amide bonds. The van der Waals surface area contributed by atoms with E-state index < -0.39 is 0 Å². The summed E-state index contributed by atoms with van der Waals surface area (Å²) in [6, 6.07) is 7.76. The van der Waals surface area contributed by atoms with E-state index in [9.17, 15) is 4.79 Å². The largest absolute Gasteiger partial charge is 0.493 e. The summed E-state index contributed by atoms with van der Waals surface area (Å²) in [5.74, 6) is 2.49. The molecule has 0 bridgehead atoms. The van der Waals surface area contributed by atoms with Crippen molar-refractivity contribution >= 4 is 38.8 Å². The van der Waals surface area contributed by atoms with Crippen molar-refractivity contribution in [1.82, 2.24) is 4.98 Å². The van der Waals surface area contributed by atoms with E-state index in [1.807, 2.05) is 6.20 Å². The molecule has 0 aliphatic carbocycles. The Kier molecular flexibility index (Phi) is 6.18. The highest BCUT2D eigenvalue weighted by Gasteiger charge is 2.27. The van der Waals surface area contributed by atoms with Crippen LogP contribution in [0.5, 0.6) is 17.2 Å². The number of amides is 1. The van der Waals surface area contributed by atoms with Crippen LogP contribution in [-0.2, 0) is 4.79 Å². The van der Waals surface area contributed by atoms with E-state index in [1.54, 1.807) is 44.8 Å². The van der Waals surface area contributed by atoms with E-state index in [2.05, 4.69) is 34.3 Å². The molecule has 0 unspecified atom stereocenters. The third-order valence-electron chi connectivity index (χ3n) is 5.65. The van der Waals surface area contributed by atoms with Crippen LogP contribution in [-0.4, -0.2) is 45.3 Å². The number of ether oxygens (including phenoxy) is 3. The lowest BCUT2D eigenvalue weighted by Gasteiger charge is -2.32. The van der Waals surface area contributed by atoms with Crippen LogP contribution in [0.15, 0.2) is 30.5 Å². The maximum absolute atomic E-state index is 12.9. The zero-order valence-electron chi connectivity index (χ0n) is 18.2. The number of aromatic nitrogens is 1. The lowest BCUT2D eigenvalue weighted by molar-refractivity contribution is -0.120. The fraction of sp³-hybridized carbons (Fsp3) is 0.391. The van der Waals surface area contributed by atoms with E-state index in [4.69, 9.17) is 14.2 Å². The molecule has 1 saturated heterocycles. The van der Waals surface area contributed by atoms with Crippen LogP contribution in [0, 0.1) is 12.8 Å². The first-order chi connectivity index (χ1) is 15.0. The summed E-state index contributed by atoms with van der Waals surface area (Å²) in [4.78, 5) is 21.1. The lowest BCUT2D eigenvalue weighted by atomic mass is 9.95. The van der Waals surface area contributed by atoms with Gasteiger partial charge in [-0.05, 0) is 31.9 Å². The number of aryl methyl sites for hydroxylation is 1. The monoisotopic (exact) mass is 441 g/mol. The Morgan fingerprint density at radius 3 is 2.39 bits per heavy atom. The molecule has 1 aromatic carbocycles. The predicted octanol–water partition coefficient (Wildman–Crippen LogP) is 4.49. The molecule has 7 nitrogen and oxygen atoms in total. The summed E-state index contributed by atoms with van der Waals surface area (Å²) in [6.07, 6.45) is 3.42. The van der Waals surface area contributed by atoms with Crippen molar-refractivity contribution in [2.24, 2.45) is 5.92 Å². The van der Waals surface area contributed by atoms with Crippen molar-refractivity contribution in [1.29, 1.82) is 0 Å². The van der Waals surface area contributed by atoms with E-state index in [-0.39, 0.29) is 11.8 Å². The van der Waals surface area contributed by atoms with Crippen molar-refractivity contribution in [2.45, 2.75) is 19.8 Å². The Labute approximate surface area is 185 Å². The highest BCUT2D eigenvalue weighted by molar-refractivity contribution is 7.19. The topological polar surface area (TPSA) is 72.9 Å². The average Bonchev–Trinajstić information content (AvgIpc) is 3.18. The van der Waals surface area contributed by atoms with Gasteiger partial charge < -0.3 is 24.4 Å². The lowest BCUT2D eigenvalue weighted by Crippen LogP contribution is -2.38. The highest BCUT2D eigenvalue weighted by Crippen LogP contribution is 2.40. The number of hydrogen-bond donors (Lipinski definition) is 1. The minimum absolute atomic E-state index is 0.00599. The van der Waals surface area contributed by atoms with E-state index in [1.165, 1.54) is 15.0 Å². The second kappa shape index (κ2) is 9.01. The summed E-state index contributed by atoms with van der Waals surface area (Å²) in [5.41, 5.74) is 0.627. The first-order valence-electron chi connectivity index (χ1n) is 10.2. The minimum atomic E-state index is -0.0567. The van der Waals surface area contributed by atoms with Crippen LogP contribution in [0.3, 0.4) is 0 Å². The molecule has 1 aliphatic heterocycles. The SMILES string of the molecule is COc1cc(NC(=O)C2CCN(c3nccc4sc(C)cc34)CC2)cc(OC)c1OC. The van der Waals surface area contributed by atoms with Gasteiger partial charge in [-0.15, -0.1) is 11.3 Å². The van der Waals surface area contributed by atoms with Gasteiger partial charge in [0.2, 0.25) is 11.7 Å². The van der Waals surface area contributed by atoms with Crippen LogP contribution in [0.4, 0.5) is 11.5 Å². The van der Waals surface area contributed by atoms with Gasteiger partial charge >= 0.3 is 0 Å². The van der Waals surface area contributed by atoms with Crippen LogP contribution >= 0.6 is 11.3 Å². The number of carbonyl (C=O) groups excluding carboxylic acids is 1. The molecule has 3 heterocycles. The van der Waals surface area contributed by atoms with Gasteiger partial charge in [-0.2, -0.15) is 0 Å². The molecule has 3 aromatic rings. The van der Waals surface area contributed by atoms with E-state index in [0.717, 1.165) is 31.7 Å². The molecule has 2 aromatic heterocycles. The van der Waals surface area contributed by atoms with Gasteiger partial charge in [0.05, 0.1) is 21.3 Å². The van der Waals surface area contributed by atoms with Crippen LogP contribution in [0.25, 0.3) is 10.1 Å². The van der Waals surface area contributed by atoms with Crippen LogP contribution in [0.2, 0.25) is 0 Å². The molecule has 4 rings (SSSR count). The molecular formula is C23H27N3O4S. The fourth-order valence-corrected chi connectivity index (χ4v) is 4.99. The number of fused-ring (bicyclic) bond motifs is 1. The highest BCUT2D eigenvalue weighted by atomic mass is 32.1. The molecule has 0 spiro atoms. The zero-order chi connectivity index (χ0) is 22.0. The Hall–Kier alpha value is -3.00. The Bertz CT molecular complexity index is 1060. The number of pyridine rings is 1. The Morgan fingerprint density at radius 2 is 1.77 bits per heavy atom. The molecule has 1 fully saturated rings. The maximum Gasteiger partial charge on any atom is 0.227 e. The molecule has 31 heavy (non-hydrogen) atoms. The number of piperidine rings is 1. The van der Waals surface area contributed by atoms with Crippen molar-refractivity contribution in [3.8, 4) is 17.2 Å². The molecule has 1 N–H and O–H groups in total. The first-order valence-corrected chi connectivity index (χ1v) is 11.1. The first kappa shape index (κ1) is 21.2. The summed E-state index contributed by atoms with van der Waals surface area (Å²) < 4.78 is 17.4. The third kappa shape index (κ3) is 4.25. The van der Waals surface area contributed by atoms with Crippen molar-refractivity contribution in [2.75, 3.05) is 44.6 Å². The summed E-state index contributed by atoms with van der Waals surface area (Å²) in [6.45, 7) is 3.72. The van der Waals surface area contributed by atoms with E-state index >= 15 is 0 Å². The number of rotatable bonds is 6. The molecular weight excluding hydrogens is 414 g/mol. The number of methoxy groups -OCH3 is 3. The van der Waals surface area contributed by atoms with Gasteiger partial charge in [0.25, 0.3) is 0 Å². The molecule has 0 atom stereocenters. The number of benzene rings is 1. The Morgan fingerprint density at radius 1 is 1.10 bits per heavy atom. The number of carbonyl (C=O) groups is 1. The second-order valence-corrected chi connectivity index (χ2v) is 8.86. The van der Waals surface area contributed by atoms with Crippen molar-refractivity contribution in [3.63, 3.8) is 0 Å². The van der Waals surface area contributed by atoms with Gasteiger partial charge in [0.1, 0.15) is 5.82 Å². The van der Waals surface area contributed by atoms with Gasteiger partial charge in [-0.3, -0.25) is 4.79 Å². The fourth-order valence-electron chi connectivity index (χ4n) is 4.08. The number of nitrogens with one attached hydrogen (secondary N) is 1. The third-order valence-corrected chi connectivity index (χ3v) is 6.66. The maximum atomic E-state index is 12.9. The molecule has 1 aliphatic rings. The number of thiophene rings is 1.